The summed E-state index contributed by atoms with van der Waals surface area (Å²) in [6, 6.07) is 0. The van der Waals surface area contributed by atoms with Crippen molar-refractivity contribution in [3.63, 3.8) is 0 Å². The quantitative estimate of drug-likeness (QED) is 0.742. The van der Waals surface area contributed by atoms with Crippen LogP contribution in [0.4, 0.5) is 0 Å². The minimum absolute atomic E-state index is 0.229. The van der Waals surface area contributed by atoms with E-state index in [1.807, 2.05) is 0 Å². The zero-order chi connectivity index (χ0) is 11.3. The van der Waals surface area contributed by atoms with Crippen molar-refractivity contribution in [3.05, 3.63) is 0 Å². The molecular formula is C12H22BrNO. The molecule has 0 saturated heterocycles. The highest BCUT2D eigenvalue weighted by Gasteiger charge is 2.26. The summed E-state index contributed by atoms with van der Waals surface area (Å²) in [5.74, 6) is 0.588. The number of nitrogens with one attached hydrogen (secondary N) is 1. The summed E-state index contributed by atoms with van der Waals surface area (Å²) in [7, 11) is 0. The molecule has 1 aliphatic carbocycles. The van der Waals surface area contributed by atoms with Gasteiger partial charge in [-0.25, -0.2) is 0 Å². The fraction of sp³-hybridized carbons (Fsp3) is 0.917. The standard InChI is InChI=1S/C12H22BrNO/c1-12(2,7-4-8-13)9-14-11(15)10-5-3-6-10/h10H,3-9H2,1-2H3,(H,14,15). The van der Waals surface area contributed by atoms with Gasteiger partial charge in [-0.15, -0.1) is 0 Å². The van der Waals surface area contributed by atoms with E-state index in [0.29, 0.717) is 5.92 Å². The molecule has 0 unspecified atom stereocenters. The molecule has 0 aromatic carbocycles. The number of rotatable bonds is 6. The molecule has 0 radical (unpaired) electrons. The highest BCUT2D eigenvalue weighted by Crippen LogP contribution is 2.27. The van der Waals surface area contributed by atoms with Gasteiger partial charge in [-0.1, -0.05) is 36.2 Å². The maximum atomic E-state index is 11.6. The summed E-state index contributed by atoms with van der Waals surface area (Å²) in [5, 5.41) is 4.13. The van der Waals surface area contributed by atoms with Gasteiger partial charge in [-0.05, 0) is 31.1 Å². The normalized spacial score (nSPS) is 17.3. The lowest BCUT2D eigenvalue weighted by molar-refractivity contribution is -0.127. The number of halogens is 1. The van der Waals surface area contributed by atoms with E-state index >= 15 is 0 Å². The van der Waals surface area contributed by atoms with Crippen LogP contribution in [0.3, 0.4) is 0 Å². The lowest BCUT2D eigenvalue weighted by Crippen LogP contribution is -2.39. The molecule has 1 aliphatic rings. The van der Waals surface area contributed by atoms with Crippen LogP contribution in [0.1, 0.15) is 46.0 Å². The Morgan fingerprint density at radius 2 is 2.13 bits per heavy atom. The van der Waals surface area contributed by atoms with Crippen molar-refractivity contribution in [2.45, 2.75) is 46.0 Å². The second-order valence-corrected chi connectivity index (χ2v) is 6.10. The average Bonchev–Trinajstić information content (AvgIpc) is 2.09. The molecule has 1 fully saturated rings. The SMILES string of the molecule is CC(C)(CCCBr)CNC(=O)C1CCC1. The van der Waals surface area contributed by atoms with Crippen molar-refractivity contribution in [3.8, 4) is 0 Å². The zero-order valence-corrected chi connectivity index (χ0v) is 11.4. The molecule has 1 saturated carbocycles. The maximum absolute atomic E-state index is 11.6. The van der Waals surface area contributed by atoms with Crippen LogP contribution in [0.25, 0.3) is 0 Å². The molecular weight excluding hydrogens is 254 g/mol. The Morgan fingerprint density at radius 3 is 2.60 bits per heavy atom. The summed E-state index contributed by atoms with van der Waals surface area (Å²) in [6.45, 7) is 5.25. The molecule has 1 N–H and O–H groups in total. The van der Waals surface area contributed by atoms with E-state index in [4.69, 9.17) is 0 Å². The van der Waals surface area contributed by atoms with Crippen LogP contribution < -0.4 is 5.32 Å². The summed E-state index contributed by atoms with van der Waals surface area (Å²) in [5.41, 5.74) is 0.229. The third-order valence-electron chi connectivity index (χ3n) is 3.20. The van der Waals surface area contributed by atoms with Crippen LogP contribution in [0, 0.1) is 11.3 Å². The van der Waals surface area contributed by atoms with Crippen molar-refractivity contribution in [2.24, 2.45) is 11.3 Å². The Balaban J connectivity index is 2.18. The van der Waals surface area contributed by atoms with Crippen LogP contribution in [-0.2, 0) is 4.79 Å². The Bertz CT molecular complexity index is 212. The van der Waals surface area contributed by atoms with E-state index in [1.54, 1.807) is 0 Å². The first-order valence-corrected chi connectivity index (χ1v) is 7.01. The molecule has 0 heterocycles. The van der Waals surface area contributed by atoms with Crippen LogP contribution >= 0.6 is 15.9 Å². The lowest BCUT2D eigenvalue weighted by atomic mass is 9.83. The number of carbonyl (C=O) groups excluding carboxylic acids is 1. The summed E-state index contributed by atoms with van der Waals surface area (Å²) < 4.78 is 0. The fourth-order valence-electron chi connectivity index (χ4n) is 1.77. The third-order valence-corrected chi connectivity index (χ3v) is 3.77. The number of hydrogen-bond donors (Lipinski definition) is 1. The Morgan fingerprint density at radius 1 is 1.47 bits per heavy atom. The van der Waals surface area contributed by atoms with Crippen LogP contribution in [0.2, 0.25) is 0 Å². The average molecular weight is 276 g/mol. The second kappa shape index (κ2) is 5.88. The first-order chi connectivity index (χ1) is 7.05. The van der Waals surface area contributed by atoms with E-state index in [1.165, 1.54) is 12.8 Å². The summed E-state index contributed by atoms with van der Waals surface area (Å²) >= 11 is 3.44. The maximum Gasteiger partial charge on any atom is 0.223 e. The molecule has 1 amide bonds. The van der Waals surface area contributed by atoms with Crippen molar-refractivity contribution in [2.75, 3.05) is 11.9 Å². The highest BCUT2D eigenvalue weighted by atomic mass is 79.9. The molecule has 0 aliphatic heterocycles. The number of alkyl halides is 1. The van der Waals surface area contributed by atoms with Gasteiger partial charge < -0.3 is 5.32 Å². The van der Waals surface area contributed by atoms with Crippen molar-refractivity contribution < 1.29 is 4.79 Å². The van der Waals surface area contributed by atoms with E-state index in [-0.39, 0.29) is 11.3 Å². The van der Waals surface area contributed by atoms with Gasteiger partial charge in [0.25, 0.3) is 0 Å². The number of carbonyl (C=O) groups is 1. The lowest BCUT2D eigenvalue weighted by Gasteiger charge is -2.28. The topological polar surface area (TPSA) is 29.1 Å². The molecule has 1 rings (SSSR count). The Hall–Kier alpha value is -0.0500. The molecule has 0 aromatic rings. The summed E-state index contributed by atoms with van der Waals surface area (Å²) in [6.07, 6.45) is 5.74. The second-order valence-electron chi connectivity index (χ2n) is 5.30. The minimum atomic E-state index is 0.229. The van der Waals surface area contributed by atoms with Gasteiger partial charge in [-0.2, -0.15) is 0 Å². The molecule has 0 bridgehead atoms. The third kappa shape index (κ3) is 4.54. The predicted molar refractivity (Wildman–Crippen MR) is 67.2 cm³/mol. The first kappa shape index (κ1) is 13.0. The van der Waals surface area contributed by atoms with Gasteiger partial charge in [0.15, 0.2) is 0 Å². The van der Waals surface area contributed by atoms with Crippen molar-refractivity contribution >= 4 is 21.8 Å². The van der Waals surface area contributed by atoms with Gasteiger partial charge in [0.1, 0.15) is 0 Å². The van der Waals surface area contributed by atoms with Gasteiger partial charge in [0.2, 0.25) is 5.91 Å². The van der Waals surface area contributed by atoms with E-state index in [0.717, 1.165) is 31.1 Å². The van der Waals surface area contributed by atoms with Gasteiger partial charge in [-0.3, -0.25) is 4.79 Å². The zero-order valence-electron chi connectivity index (χ0n) is 9.81. The van der Waals surface area contributed by atoms with Gasteiger partial charge in [0, 0.05) is 17.8 Å². The predicted octanol–water partition coefficient (Wildman–Crippen LogP) is 3.10. The highest BCUT2D eigenvalue weighted by molar-refractivity contribution is 9.09. The molecule has 0 atom stereocenters. The minimum Gasteiger partial charge on any atom is -0.355 e. The molecule has 2 nitrogen and oxygen atoms in total. The van der Waals surface area contributed by atoms with Crippen LogP contribution in [0.15, 0.2) is 0 Å². The first-order valence-electron chi connectivity index (χ1n) is 5.89. The number of amides is 1. The number of hydrogen-bond acceptors (Lipinski definition) is 1. The van der Waals surface area contributed by atoms with Crippen molar-refractivity contribution in [1.82, 2.24) is 5.32 Å². The van der Waals surface area contributed by atoms with Gasteiger partial charge in [0.05, 0.1) is 0 Å². The van der Waals surface area contributed by atoms with E-state index in [2.05, 4.69) is 35.1 Å². The summed E-state index contributed by atoms with van der Waals surface area (Å²) in [4.78, 5) is 11.6. The van der Waals surface area contributed by atoms with Crippen molar-refractivity contribution in [1.29, 1.82) is 0 Å². The molecule has 88 valence electrons. The van der Waals surface area contributed by atoms with Crippen LogP contribution in [0.5, 0.6) is 0 Å². The van der Waals surface area contributed by atoms with E-state index in [9.17, 15) is 4.79 Å². The fourth-order valence-corrected chi connectivity index (χ4v) is 2.06. The van der Waals surface area contributed by atoms with Crippen LogP contribution in [-0.4, -0.2) is 17.8 Å². The molecule has 0 spiro atoms. The molecule has 15 heavy (non-hydrogen) atoms. The molecule has 3 heteroatoms. The monoisotopic (exact) mass is 275 g/mol. The molecule has 0 aromatic heterocycles. The largest absolute Gasteiger partial charge is 0.355 e. The van der Waals surface area contributed by atoms with E-state index < -0.39 is 0 Å². The smallest absolute Gasteiger partial charge is 0.223 e. The Labute approximate surface area is 101 Å². The van der Waals surface area contributed by atoms with Gasteiger partial charge >= 0.3 is 0 Å². The Kier molecular flexibility index (Phi) is 5.10.